The molecule has 2 aromatic rings. The standard InChI is InChI=1S/C8H9ClN4S2/c1-5-4-14-6(11-5)2-3-10-8-7(9)12-15-13-8/h4H,2-3H2,1H3,(H,10,13). The highest BCUT2D eigenvalue weighted by molar-refractivity contribution is 7.09. The lowest BCUT2D eigenvalue weighted by molar-refractivity contribution is 0.982. The molecule has 2 heterocycles. The Morgan fingerprint density at radius 1 is 1.47 bits per heavy atom. The molecule has 0 aromatic carbocycles. The van der Waals surface area contributed by atoms with Gasteiger partial charge < -0.3 is 5.32 Å². The van der Waals surface area contributed by atoms with Gasteiger partial charge in [0.15, 0.2) is 11.0 Å². The molecule has 0 bridgehead atoms. The van der Waals surface area contributed by atoms with Crippen LogP contribution in [0.4, 0.5) is 5.82 Å². The van der Waals surface area contributed by atoms with E-state index in [1.165, 1.54) is 0 Å². The number of thiazole rings is 1. The van der Waals surface area contributed by atoms with E-state index in [2.05, 4.69) is 19.0 Å². The van der Waals surface area contributed by atoms with E-state index in [1.54, 1.807) is 11.3 Å². The van der Waals surface area contributed by atoms with Crippen LogP contribution in [-0.4, -0.2) is 20.3 Å². The first-order valence-corrected chi connectivity index (χ1v) is 6.37. The van der Waals surface area contributed by atoms with E-state index >= 15 is 0 Å². The van der Waals surface area contributed by atoms with Crippen LogP contribution in [0.5, 0.6) is 0 Å². The van der Waals surface area contributed by atoms with Crippen molar-refractivity contribution >= 4 is 40.5 Å². The van der Waals surface area contributed by atoms with Crippen molar-refractivity contribution < 1.29 is 0 Å². The van der Waals surface area contributed by atoms with Crippen LogP contribution in [0.25, 0.3) is 0 Å². The zero-order valence-corrected chi connectivity index (χ0v) is 10.4. The predicted octanol–water partition coefficient (Wildman–Crippen LogP) is 2.61. The molecule has 1 N–H and O–H groups in total. The minimum absolute atomic E-state index is 0.440. The zero-order chi connectivity index (χ0) is 10.7. The lowest BCUT2D eigenvalue weighted by Crippen LogP contribution is -2.05. The summed E-state index contributed by atoms with van der Waals surface area (Å²) in [6, 6.07) is 0. The van der Waals surface area contributed by atoms with Crippen LogP contribution in [0.3, 0.4) is 0 Å². The first kappa shape index (κ1) is 10.8. The summed E-state index contributed by atoms with van der Waals surface area (Å²) in [6.07, 6.45) is 0.881. The molecule has 80 valence electrons. The Morgan fingerprint density at radius 2 is 2.33 bits per heavy atom. The average molecular weight is 261 g/mol. The summed E-state index contributed by atoms with van der Waals surface area (Å²) in [5, 5.41) is 6.73. The van der Waals surface area contributed by atoms with Crippen molar-refractivity contribution in [3.8, 4) is 0 Å². The number of aryl methyl sites for hydroxylation is 1. The first-order chi connectivity index (χ1) is 7.25. The molecule has 0 aliphatic heterocycles. The molecule has 2 rings (SSSR count). The Hall–Kier alpha value is -0.720. The van der Waals surface area contributed by atoms with Crippen molar-refractivity contribution in [3.05, 3.63) is 21.2 Å². The smallest absolute Gasteiger partial charge is 0.186 e. The molecule has 0 saturated carbocycles. The number of nitrogens with one attached hydrogen (secondary N) is 1. The van der Waals surface area contributed by atoms with Crippen LogP contribution in [-0.2, 0) is 6.42 Å². The van der Waals surface area contributed by atoms with Crippen LogP contribution in [0.2, 0.25) is 5.15 Å². The minimum atomic E-state index is 0.440. The number of hydrogen-bond acceptors (Lipinski definition) is 6. The van der Waals surface area contributed by atoms with Crippen molar-refractivity contribution in [2.75, 3.05) is 11.9 Å². The maximum atomic E-state index is 5.79. The van der Waals surface area contributed by atoms with E-state index in [4.69, 9.17) is 11.6 Å². The van der Waals surface area contributed by atoms with Gasteiger partial charge in [0, 0.05) is 24.0 Å². The number of anilines is 1. The summed E-state index contributed by atoms with van der Waals surface area (Å²) in [5.74, 6) is 0.662. The lowest BCUT2D eigenvalue weighted by Gasteiger charge is -1.99. The van der Waals surface area contributed by atoms with Gasteiger partial charge in [-0.1, -0.05) is 11.6 Å². The summed E-state index contributed by atoms with van der Waals surface area (Å²) < 4.78 is 7.89. The van der Waals surface area contributed by atoms with Gasteiger partial charge in [-0.2, -0.15) is 8.75 Å². The summed E-state index contributed by atoms with van der Waals surface area (Å²) >= 11 is 8.57. The Labute approximate surface area is 101 Å². The largest absolute Gasteiger partial charge is 0.366 e. The highest BCUT2D eigenvalue weighted by Gasteiger charge is 2.04. The molecule has 7 heteroatoms. The van der Waals surface area contributed by atoms with Crippen LogP contribution < -0.4 is 5.32 Å². The molecule has 0 aliphatic carbocycles. The number of nitrogens with zero attached hydrogens (tertiary/aromatic N) is 3. The van der Waals surface area contributed by atoms with Gasteiger partial charge in [-0.05, 0) is 6.92 Å². The van der Waals surface area contributed by atoms with Gasteiger partial charge in [0.1, 0.15) is 0 Å². The van der Waals surface area contributed by atoms with E-state index in [0.29, 0.717) is 11.0 Å². The molecule has 0 spiro atoms. The van der Waals surface area contributed by atoms with Crippen LogP contribution in [0, 0.1) is 6.92 Å². The fraction of sp³-hybridized carbons (Fsp3) is 0.375. The van der Waals surface area contributed by atoms with E-state index in [1.807, 2.05) is 12.3 Å². The van der Waals surface area contributed by atoms with Gasteiger partial charge in [0.2, 0.25) is 0 Å². The molecular weight excluding hydrogens is 252 g/mol. The summed E-state index contributed by atoms with van der Waals surface area (Å²) in [6.45, 7) is 2.77. The highest BCUT2D eigenvalue weighted by atomic mass is 35.5. The maximum Gasteiger partial charge on any atom is 0.186 e. The molecule has 0 unspecified atom stereocenters. The second-order valence-electron chi connectivity index (χ2n) is 2.96. The lowest BCUT2D eigenvalue weighted by atomic mass is 10.4. The van der Waals surface area contributed by atoms with Crippen molar-refractivity contribution in [1.82, 2.24) is 13.7 Å². The third-order valence-electron chi connectivity index (χ3n) is 1.75. The molecule has 0 atom stereocenters. The van der Waals surface area contributed by atoms with E-state index < -0.39 is 0 Å². The van der Waals surface area contributed by atoms with Gasteiger partial charge in [0.25, 0.3) is 0 Å². The number of aromatic nitrogens is 3. The third-order valence-corrected chi connectivity index (χ3v) is 3.67. The van der Waals surface area contributed by atoms with Crippen molar-refractivity contribution in [3.63, 3.8) is 0 Å². The Balaban J connectivity index is 1.83. The summed E-state index contributed by atoms with van der Waals surface area (Å²) in [4.78, 5) is 4.36. The fourth-order valence-corrected chi connectivity index (χ4v) is 2.55. The molecule has 0 amide bonds. The van der Waals surface area contributed by atoms with Crippen LogP contribution in [0.15, 0.2) is 5.38 Å². The highest BCUT2D eigenvalue weighted by Crippen LogP contribution is 2.17. The molecule has 0 aliphatic rings. The van der Waals surface area contributed by atoms with Gasteiger partial charge >= 0.3 is 0 Å². The molecule has 4 nitrogen and oxygen atoms in total. The number of rotatable bonds is 4. The zero-order valence-electron chi connectivity index (χ0n) is 8.03. The number of hydrogen-bond donors (Lipinski definition) is 1. The quantitative estimate of drug-likeness (QED) is 0.918. The van der Waals surface area contributed by atoms with Gasteiger partial charge in [-0.15, -0.1) is 11.3 Å². The Kier molecular flexibility index (Phi) is 3.50. The molecule has 0 radical (unpaired) electrons. The van der Waals surface area contributed by atoms with Gasteiger partial charge in [-0.25, -0.2) is 4.98 Å². The molecule has 0 saturated heterocycles. The normalized spacial score (nSPS) is 10.5. The second kappa shape index (κ2) is 4.87. The predicted molar refractivity (Wildman–Crippen MR) is 64.0 cm³/mol. The SMILES string of the molecule is Cc1csc(CCNc2nsnc2Cl)n1. The monoisotopic (exact) mass is 260 g/mol. The Morgan fingerprint density at radius 3 is 2.93 bits per heavy atom. The third kappa shape index (κ3) is 2.87. The minimum Gasteiger partial charge on any atom is -0.366 e. The van der Waals surface area contributed by atoms with Crippen molar-refractivity contribution in [2.45, 2.75) is 13.3 Å². The van der Waals surface area contributed by atoms with Crippen LogP contribution in [0.1, 0.15) is 10.7 Å². The molecule has 0 fully saturated rings. The molecule has 15 heavy (non-hydrogen) atoms. The van der Waals surface area contributed by atoms with Crippen molar-refractivity contribution in [2.24, 2.45) is 0 Å². The maximum absolute atomic E-state index is 5.79. The Bertz CT molecular complexity index is 439. The summed E-state index contributed by atoms with van der Waals surface area (Å²) in [7, 11) is 0. The first-order valence-electron chi connectivity index (χ1n) is 4.38. The van der Waals surface area contributed by atoms with E-state index in [9.17, 15) is 0 Å². The fourth-order valence-electron chi connectivity index (χ4n) is 1.09. The number of halogens is 1. The second-order valence-corrected chi connectivity index (χ2v) is 4.79. The molecule has 2 aromatic heterocycles. The van der Waals surface area contributed by atoms with Crippen LogP contribution >= 0.6 is 34.7 Å². The summed E-state index contributed by atoms with van der Waals surface area (Å²) in [5.41, 5.74) is 1.07. The van der Waals surface area contributed by atoms with Gasteiger partial charge in [-0.3, -0.25) is 0 Å². The molecular formula is C8H9ClN4S2. The van der Waals surface area contributed by atoms with Crippen molar-refractivity contribution in [1.29, 1.82) is 0 Å². The van der Waals surface area contributed by atoms with Gasteiger partial charge in [0.05, 0.1) is 16.7 Å². The van der Waals surface area contributed by atoms with E-state index in [0.717, 1.165) is 35.4 Å². The average Bonchev–Trinajstić information content (AvgIpc) is 2.77. The van der Waals surface area contributed by atoms with E-state index in [-0.39, 0.29) is 0 Å². The topological polar surface area (TPSA) is 50.7 Å².